The molecule has 9 heavy (non-hydrogen) atoms. The number of halogens is 4. The fraction of sp³-hybridized carbons (Fsp3) is 0.750. The van der Waals surface area contributed by atoms with Gasteiger partial charge in [-0.05, 0) is 6.92 Å². The van der Waals surface area contributed by atoms with Crippen molar-refractivity contribution in [3.8, 4) is 0 Å². The van der Waals surface area contributed by atoms with Gasteiger partial charge in [-0.1, -0.05) is 34.8 Å². The largest absolute Gasteiger partial charge is 0.295 e. The number of carbonyl (C=O) groups is 1. The van der Waals surface area contributed by atoms with E-state index in [1.54, 1.807) is 0 Å². The van der Waals surface area contributed by atoms with Crippen LogP contribution in [0.2, 0.25) is 0 Å². The highest BCUT2D eigenvalue weighted by Gasteiger charge is 2.39. The third-order valence-electron chi connectivity index (χ3n) is 0.743. The lowest BCUT2D eigenvalue weighted by atomic mass is 10.3. The van der Waals surface area contributed by atoms with Gasteiger partial charge in [-0.25, -0.2) is 4.39 Å². The molecule has 1 unspecified atom stereocenters. The number of alkyl halides is 4. The maximum absolute atomic E-state index is 12.5. The van der Waals surface area contributed by atoms with Gasteiger partial charge in [-0.2, -0.15) is 0 Å². The van der Waals surface area contributed by atoms with Crippen molar-refractivity contribution in [1.29, 1.82) is 0 Å². The molecule has 0 bridgehead atoms. The quantitative estimate of drug-likeness (QED) is 0.615. The summed E-state index contributed by atoms with van der Waals surface area (Å²) >= 11 is 14.9. The average molecular weight is 193 g/mol. The van der Waals surface area contributed by atoms with Gasteiger partial charge >= 0.3 is 0 Å². The van der Waals surface area contributed by atoms with Crippen LogP contribution in [-0.2, 0) is 4.79 Å². The number of carbonyl (C=O) groups excluding carboxylic acids is 1. The summed E-state index contributed by atoms with van der Waals surface area (Å²) in [5.41, 5.74) is 0. The van der Waals surface area contributed by atoms with Crippen LogP contribution in [0, 0.1) is 0 Å². The van der Waals surface area contributed by atoms with E-state index in [9.17, 15) is 9.18 Å². The Hall–Kier alpha value is 0.470. The van der Waals surface area contributed by atoms with E-state index in [0.29, 0.717) is 0 Å². The summed E-state index contributed by atoms with van der Waals surface area (Å²) in [7, 11) is 0. The Morgan fingerprint density at radius 2 is 2.00 bits per heavy atom. The van der Waals surface area contributed by atoms with E-state index in [1.807, 2.05) is 0 Å². The highest BCUT2D eigenvalue weighted by Crippen LogP contribution is 2.29. The van der Waals surface area contributed by atoms with Gasteiger partial charge in [-0.3, -0.25) is 4.79 Å². The van der Waals surface area contributed by atoms with Crippen molar-refractivity contribution in [3.05, 3.63) is 0 Å². The van der Waals surface area contributed by atoms with E-state index in [2.05, 4.69) is 0 Å². The summed E-state index contributed by atoms with van der Waals surface area (Å²) in [4.78, 5) is 8.71. The van der Waals surface area contributed by atoms with Crippen molar-refractivity contribution in [2.24, 2.45) is 0 Å². The van der Waals surface area contributed by atoms with Crippen LogP contribution in [0.3, 0.4) is 0 Å². The van der Waals surface area contributed by atoms with Crippen LogP contribution in [0.25, 0.3) is 0 Å². The van der Waals surface area contributed by atoms with Crippen molar-refractivity contribution in [3.63, 3.8) is 0 Å². The van der Waals surface area contributed by atoms with Gasteiger partial charge in [0.2, 0.25) is 0 Å². The monoisotopic (exact) mass is 192 g/mol. The number of hydrogen-bond acceptors (Lipinski definition) is 1. The molecule has 0 rings (SSSR count). The van der Waals surface area contributed by atoms with E-state index in [1.165, 1.54) is 0 Å². The molecule has 1 atom stereocenters. The molecule has 0 fully saturated rings. The standard InChI is InChI=1S/C4H4Cl3FO/c1-2(9)4(7,8)3(5)6/h3H,1H3. The zero-order valence-electron chi connectivity index (χ0n) is 4.50. The fourth-order valence-corrected chi connectivity index (χ4v) is 0.461. The molecule has 0 aromatic heterocycles. The Morgan fingerprint density at radius 1 is 1.67 bits per heavy atom. The van der Waals surface area contributed by atoms with E-state index in [4.69, 9.17) is 34.8 Å². The normalized spacial score (nSPS) is 17.6. The third kappa shape index (κ3) is 2.28. The predicted molar refractivity (Wildman–Crippen MR) is 35.9 cm³/mol. The van der Waals surface area contributed by atoms with E-state index in [0.717, 1.165) is 6.92 Å². The SMILES string of the molecule is CC(=O)C(F)(Cl)C(Cl)Cl. The first-order valence-corrected chi connectivity index (χ1v) is 3.31. The molecule has 0 amide bonds. The Bertz CT molecular complexity index is 123. The Kier molecular flexibility index (Phi) is 3.20. The van der Waals surface area contributed by atoms with E-state index < -0.39 is 15.7 Å². The third-order valence-corrected chi connectivity index (χ3v) is 2.05. The van der Waals surface area contributed by atoms with Gasteiger partial charge in [0.25, 0.3) is 5.13 Å². The summed E-state index contributed by atoms with van der Waals surface area (Å²) in [6, 6.07) is 0. The van der Waals surface area contributed by atoms with Gasteiger partial charge in [0, 0.05) is 0 Å². The molecule has 0 spiro atoms. The Morgan fingerprint density at radius 3 is 2.00 bits per heavy atom. The molecule has 0 aromatic carbocycles. The second-order valence-electron chi connectivity index (χ2n) is 1.48. The smallest absolute Gasteiger partial charge is 0.270 e. The molecule has 0 aliphatic heterocycles. The zero-order chi connectivity index (χ0) is 7.65. The molecule has 54 valence electrons. The molecule has 1 nitrogen and oxygen atoms in total. The lowest BCUT2D eigenvalue weighted by molar-refractivity contribution is -0.123. The van der Waals surface area contributed by atoms with Crippen molar-refractivity contribution in [2.45, 2.75) is 16.9 Å². The summed E-state index contributed by atoms with van der Waals surface area (Å²) < 4.78 is 12.5. The topological polar surface area (TPSA) is 17.1 Å². The Labute approximate surface area is 67.1 Å². The minimum atomic E-state index is -2.64. The molecule has 0 aliphatic rings. The van der Waals surface area contributed by atoms with Gasteiger partial charge in [0.05, 0.1) is 0 Å². The van der Waals surface area contributed by atoms with Gasteiger partial charge in [-0.15, -0.1) is 0 Å². The van der Waals surface area contributed by atoms with Gasteiger partial charge in [0.1, 0.15) is 0 Å². The highest BCUT2D eigenvalue weighted by molar-refractivity contribution is 6.52. The van der Waals surface area contributed by atoms with Crippen LogP contribution in [0.5, 0.6) is 0 Å². The summed E-state index contributed by atoms with van der Waals surface area (Å²) in [6.45, 7) is 0.977. The predicted octanol–water partition coefficient (Wildman–Crippen LogP) is 2.28. The lowest BCUT2D eigenvalue weighted by Crippen LogP contribution is -2.31. The molecular weight excluding hydrogens is 189 g/mol. The van der Waals surface area contributed by atoms with Crippen molar-refractivity contribution in [2.75, 3.05) is 0 Å². The number of ketones is 1. The lowest BCUT2D eigenvalue weighted by Gasteiger charge is -2.13. The molecule has 0 aliphatic carbocycles. The molecular formula is C4H4Cl3FO. The van der Waals surface area contributed by atoms with Gasteiger partial charge < -0.3 is 0 Å². The van der Waals surface area contributed by atoms with Crippen LogP contribution >= 0.6 is 34.8 Å². The molecule has 0 heterocycles. The number of Topliss-reactive ketones (excluding diaryl/α,β-unsaturated/α-hetero) is 1. The van der Waals surface area contributed by atoms with Crippen LogP contribution in [0.15, 0.2) is 0 Å². The van der Waals surface area contributed by atoms with Crippen LogP contribution in [0.1, 0.15) is 6.92 Å². The molecule has 0 saturated heterocycles. The first-order chi connectivity index (χ1) is 3.89. The second kappa shape index (κ2) is 3.04. The summed E-state index contributed by atoms with van der Waals surface area (Å²) in [6.07, 6.45) is 0. The molecule has 0 aromatic rings. The number of hydrogen-bond donors (Lipinski definition) is 0. The molecule has 0 N–H and O–H groups in total. The number of rotatable bonds is 2. The van der Waals surface area contributed by atoms with Gasteiger partial charge in [0.15, 0.2) is 10.6 Å². The first-order valence-electron chi connectivity index (χ1n) is 2.06. The summed E-state index contributed by atoms with van der Waals surface area (Å²) in [5, 5.41) is -2.64. The average Bonchev–Trinajstić information content (AvgIpc) is 1.65. The molecule has 0 radical (unpaired) electrons. The second-order valence-corrected chi connectivity index (χ2v) is 3.13. The van der Waals surface area contributed by atoms with Crippen LogP contribution < -0.4 is 0 Å². The van der Waals surface area contributed by atoms with E-state index >= 15 is 0 Å². The van der Waals surface area contributed by atoms with Crippen LogP contribution in [0.4, 0.5) is 4.39 Å². The summed E-state index contributed by atoms with van der Waals surface area (Å²) in [5.74, 6) is -0.890. The van der Waals surface area contributed by atoms with E-state index in [-0.39, 0.29) is 0 Å². The molecule has 5 heteroatoms. The van der Waals surface area contributed by atoms with Crippen molar-refractivity contribution >= 4 is 40.6 Å². The highest BCUT2D eigenvalue weighted by atomic mass is 35.5. The fourth-order valence-electron chi connectivity index (χ4n) is 0.154. The van der Waals surface area contributed by atoms with Crippen LogP contribution in [-0.4, -0.2) is 15.7 Å². The Balaban J connectivity index is 4.19. The minimum Gasteiger partial charge on any atom is -0.295 e. The minimum absolute atomic E-state index is 0.890. The molecule has 0 saturated carbocycles. The van der Waals surface area contributed by atoms with Crippen molar-refractivity contribution < 1.29 is 9.18 Å². The first kappa shape index (κ1) is 9.47. The zero-order valence-corrected chi connectivity index (χ0v) is 6.77. The maximum Gasteiger partial charge on any atom is 0.270 e. The van der Waals surface area contributed by atoms with Crippen molar-refractivity contribution in [1.82, 2.24) is 0 Å². The maximum atomic E-state index is 12.5.